The topological polar surface area (TPSA) is 47.1 Å². The van der Waals surface area contributed by atoms with E-state index in [0.717, 1.165) is 35.1 Å². The highest BCUT2D eigenvalue weighted by Crippen LogP contribution is 2.28. The van der Waals surface area contributed by atoms with Crippen molar-refractivity contribution in [1.82, 2.24) is 9.55 Å². The van der Waals surface area contributed by atoms with Gasteiger partial charge in [-0.05, 0) is 31.0 Å². The van der Waals surface area contributed by atoms with Crippen molar-refractivity contribution >= 4 is 17.3 Å². The van der Waals surface area contributed by atoms with E-state index in [4.69, 9.17) is 17.3 Å². The average Bonchev–Trinajstić information content (AvgIpc) is 2.77. The molecule has 0 spiro atoms. The SMILES string of the molecule is CC(N)Cc1c(Cl)cccc1N(C)Cc1nccn1C. The van der Waals surface area contributed by atoms with Gasteiger partial charge in [0.2, 0.25) is 0 Å². The number of halogens is 1. The molecule has 0 aliphatic carbocycles. The van der Waals surface area contributed by atoms with Gasteiger partial charge in [-0.15, -0.1) is 0 Å². The van der Waals surface area contributed by atoms with Gasteiger partial charge in [0.1, 0.15) is 5.82 Å². The van der Waals surface area contributed by atoms with E-state index < -0.39 is 0 Å². The molecule has 0 saturated heterocycles. The number of rotatable bonds is 5. The minimum atomic E-state index is 0.0789. The van der Waals surface area contributed by atoms with Crippen LogP contribution in [-0.4, -0.2) is 22.6 Å². The molecule has 1 unspecified atom stereocenters. The van der Waals surface area contributed by atoms with Gasteiger partial charge in [0.05, 0.1) is 6.54 Å². The first-order valence-electron chi connectivity index (χ1n) is 6.69. The number of aryl methyl sites for hydroxylation is 1. The smallest absolute Gasteiger partial charge is 0.127 e. The lowest BCUT2D eigenvalue weighted by atomic mass is 10.0. The van der Waals surface area contributed by atoms with E-state index in [1.165, 1.54) is 0 Å². The molecule has 20 heavy (non-hydrogen) atoms. The maximum absolute atomic E-state index is 6.33. The Labute approximate surface area is 125 Å². The Morgan fingerprint density at radius 1 is 1.45 bits per heavy atom. The van der Waals surface area contributed by atoms with Gasteiger partial charge in [-0.3, -0.25) is 0 Å². The second-order valence-electron chi connectivity index (χ2n) is 5.23. The van der Waals surface area contributed by atoms with Crippen molar-refractivity contribution < 1.29 is 0 Å². The molecule has 2 N–H and O–H groups in total. The summed E-state index contributed by atoms with van der Waals surface area (Å²) >= 11 is 6.33. The molecule has 1 aromatic heterocycles. The number of hydrogen-bond donors (Lipinski definition) is 1. The molecular formula is C15H21ClN4. The second kappa shape index (κ2) is 6.29. The van der Waals surface area contributed by atoms with Gasteiger partial charge in [0.25, 0.3) is 0 Å². The van der Waals surface area contributed by atoms with Crippen LogP contribution in [0.4, 0.5) is 5.69 Å². The number of benzene rings is 1. The van der Waals surface area contributed by atoms with Crippen molar-refractivity contribution in [3.05, 3.63) is 47.0 Å². The van der Waals surface area contributed by atoms with Gasteiger partial charge in [-0.25, -0.2) is 4.98 Å². The molecule has 0 bridgehead atoms. The highest BCUT2D eigenvalue weighted by Gasteiger charge is 2.14. The minimum Gasteiger partial charge on any atom is -0.367 e. The standard InChI is InChI=1S/C15H21ClN4/c1-11(17)9-12-13(16)5-4-6-14(12)20(3)10-15-18-7-8-19(15)2/h4-8,11H,9-10,17H2,1-3H3. The van der Waals surface area contributed by atoms with Crippen LogP contribution < -0.4 is 10.6 Å². The highest BCUT2D eigenvalue weighted by molar-refractivity contribution is 6.31. The van der Waals surface area contributed by atoms with Crippen LogP contribution in [0.15, 0.2) is 30.6 Å². The Balaban J connectivity index is 2.27. The van der Waals surface area contributed by atoms with E-state index in [1.54, 1.807) is 0 Å². The molecule has 4 nitrogen and oxygen atoms in total. The van der Waals surface area contributed by atoms with Crippen molar-refractivity contribution in [2.45, 2.75) is 25.9 Å². The lowest BCUT2D eigenvalue weighted by molar-refractivity contribution is 0.726. The summed E-state index contributed by atoms with van der Waals surface area (Å²) in [5.41, 5.74) is 8.14. The molecule has 0 radical (unpaired) electrons. The predicted molar refractivity (Wildman–Crippen MR) is 84.1 cm³/mol. The lowest BCUT2D eigenvalue weighted by Gasteiger charge is -2.23. The molecule has 2 rings (SSSR count). The van der Waals surface area contributed by atoms with Crippen molar-refractivity contribution in [3.63, 3.8) is 0 Å². The van der Waals surface area contributed by atoms with Crippen molar-refractivity contribution in [3.8, 4) is 0 Å². The zero-order chi connectivity index (χ0) is 14.7. The number of hydrogen-bond acceptors (Lipinski definition) is 3. The summed E-state index contributed by atoms with van der Waals surface area (Å²) in [7, 11) is 4.04. The highest BCUT2D eigenvalue weighted by atomic mass is 35.5. The molecule has 1 heterocycles. The Kier molecular flexibility index (Phi) is 4.68. The Morgan fingerprint density at radius 2 is 2.20 bits per heavy atom. The van der Waals surface area contributed by atoms with Gasteiger partial charge in [-0.2, -0.15) is 0 Å². The summed E-state index contributed by atoms with van der Waals surface area (Å²) in [4.78, 5) is 6.52. The van der Waals surface area contributed by atoms with E-state index in [2.05, 4.69) is 16.0 Å². The molecule has 1 atom stereocenters. The molecule has 2 aromatic rings. The third-order valence-electron chi connectivity index (χ3n) is 3.33. The third kappa shape index (κ3) is 3.32. The number of nitrogens with two attached hydrogens (primary N) is 1. The molecule has 5 heteroatoms. The van der Waals surface area contributed by atoms with Crippen LogP contribution in [0.2, 0.25) is 5.02 Å². The number of aromatic nitrogens is 2. The normalized spacial score (nSPS) is 12.4. The van der Waals surface area contributed by atoms with Crippen LogP contribution in [0, 0.1) is 0 Å². The summed E-state index contributed by atoms with van der Waals surface area (Å²) in [5, 5.41) is 0.770. The minimum absolute atomic E-state index is 0.0789. The zero-order valence-corrected chi connectivity index (χ0v) is 12.9. The van der Waals surface area contributed by atoms with E-state index in [0.29, 0.717) is 0 Å². The Morgan fingerprint density at radius 3 is 2.80 bits per heavy atom. The van der Waals surface area contributed by atoms with Gasteiger partial charge in [-0.1, -0.05) is 17.7 Å². The molecule has 1 aromatic carbocycles. The number of imidazole rings is 1. The summed E-state index contributed by atoms with van der Waals surface area (Å²) in [5.74, 6) is 1.01. The maximum Gasteiger partial charge on any atom is 0.127 e. The quantitative estimate of drug-likeness (QED) is 0.921. The van der Waals surface area contributed by atoms with Gasteiger partial charge < -0.3 is 15.2 Å². The molecule has 0 saturated carbocycles. The fourth-order valence-electron chi connectivity index (χ4n) is 2.28. The van der Waals surface area contributed by atoms with Gasteiger partial charge in [0, 0.05) is 43.2 Å². The molecule has 0 aliphatic heterocycles. The van der Waals surface area contributed by atoms with Crippen LogP contribution in [-0.2, 0) is 20.0 Å². The third-order valence-corrected chi connectivity index (χ3v) is 3.69. The van der Waals surface area contributed by atoms with E-state index in [9.17, 15) is 0 Å². The fraction of sp³-hybridized carbons (Fsp3) is 0.400. The molecule has 108 valence electrons. The fourth-order valence-corrected chi connectivity index (χ4v) is 2.52. The largest absolute Gasteiger partial charge is 0.367 e. The first-order chi connectivity index (χ1) is 9.49. The van der Waals surface area contributed by atoms with Gasteiger partial charge in [0.15, 0.2) is 0 Å². The van der Waals surface area contributed by atoms with E-state index in [1.807, 2.05) is 50.1 Å². The maximum atomic E-state index is 6.33. The molecule has 0 aliphatic rings. The summed E-state index contributed by atoms with van der Waals surface area (Å²) in [6, 6.07) is 6.04. The first-order valence-corrected chi connectivity index (χ1v) is 7.07. The molecular weight excluding hydrogens is 272 g/mol. The summed E-state index contributed by atoms with van der Waals surface area (Å²) in [6.45, 7) is 2.72. The number of anilines is 1. The van der Waals surface area contributed by atoms with Crippen LogP contribution in [0.1, 0.15) is 18.3 Å². The van der Waals surface area contributed by atoms with Crippen molar-refractivity contribution in [2.75, 3.05) is 11.9 Å². The van der Waals surface area contributed by atoms with Crippen LogP contribution in [0.25, 0.3) is 0 Å². The summed E-state index contributed by atoms with van der Waals surface area (Å²) < 4.78 is 2.02. The van der Waals surface area contributed by atoms with Crippen molar-refractivity contribution in [2.24, 2.45) is 12.8 Å². The van der Waals surface area contributed by atoms with Crippen LogP contribution in [0.5, 0.6) is 0 Å². The first kappa shape index (κ1) is 14.9. The van der Waals surface area contributed by atoms with Gasteiger partial charge >= 0.3 is 0 Å². The Bertz CT molecular complexity index is 577. The molecule has 0 amide bonds. The van der Waals surface area contributed by atoms with E-state index >= 15 is 0 Å². The summed E-state index contributed by atoms with van der Waals surface area (Å²) in [6.07, 6.45) is 4.52. The van der Waals surface area contributed by atoms with Crippen LogP contribution in [0.3, 0.4) is 0 Å². The monoisotopic (exact) mass is 292 g/mol. The zero-order valence-electron chi connectivity index (χ0n) is 12.2. The van der Waals surface area contributed by atoms with E-state index in [-0.39, 0.29) is 6.04 Å². The predicted octanol–water partition coefficient (Wildman–Crippen LogP) is 2.60. The Hall–Kier alpha value is -1.52. The number of nitrogens with zero attached hydrogens (tertiary/aromatic N) is 3. The second-order valence-corrected chi connectivity index (χ2v) is 5.64. The van der Waals surface area contributed by atoms with Crippen LogP contribution >= 0.6 is 11.6 Å². The van der Waals surface area contributed by atoms with Crippen molar-refractivity contribution in [1.29, 1.82) is 0 Å². The average molecular weight is 293 g/mol. The molecule has 0 fully saturated rings. The lowest BCUT2D eigenvalue weighted by Crippen LogP contribution is -2.23.